The van der Waals surface area contributed by atoms with E-state index in [1.807, 2.05) is 0 Å². The van der Waals surface area contributed by atoms with Crippen LogP contribution in [-0.4, -0.2) is 20.8 Å². The van der Waals surface area contributed by atoms with E-state index in [9.17, 15) is 4.79 Å². The smallest absolute Gasteiger partial charge is 0.341 e. The average molecular weight is 304 g/mol. The molecule has 17 heavy (non-hydrogen) atoms. The fourth-order valence-corrected chi connectivity index (χ4v) is 2.06. The van der Waals surface area contributed by atoms with Crippen molar-refractivity contribution in [1.82, 2.24) is 0 Å². The van der Waals surface area contributed by atoms with Crippen molar-refractivity contribution in [2.24, 2.45) is 0 Å². The first-order valence-electron chi connectivity index (χ1n) is 6.18. The number of carboxylic acids is 1. The van der Waals surface area contributed by atoms with Gasteiger partial charge in [-0.25, -0.2) is 4.79 Å². The maximum absolute atomic E-state index is 10.7. The van der Waals surface area contributed by atoms with Gasteiger partial charge in [-0.2, -0.15) is 0 Å². The molecule has 0 rings (SSSR count). The van der Waals surface area contributed by atoms with E-state index in [-0.39, 0.29) is 0 Å². The Labute approximate surface area is 119 Å². The van der Waals surface area contributed by atoms with Gasteiger partial charge in [-0.1, -0.05) is 75.1 Å². The lowest BCUT2D eigenvalue weighted by Crippen LogP contribution is -2.35. The average Bonchev–Trinajstić information content (AvgIpc) is 2.27. The molecule has 0 heterocycles. The summed E-state index contributed by atoms with van der Waals surface area (Å²) in [6.45, 7) is 2.19. The molecule has 0 radical (unpaired) electrons. The minimum Gasteiger partial charge on any atom is -0.479 e. The summed E-state index contributed by atoms with van der Waals surface area (Å²) in [5.41, 5.74) is 0. The number of alkyl halides is 3. The number of unbranched alkanes of at least 4 members (excludes halogenated alkanes) is 6. The monoisotopic (exact) mass is 302 g/mol. The first kappa shape index (κ1) is 17.3. The molecule has 0 saturated heterocycles. The molecule has 0 aromatic heterocycles. The van der Waals surface area contributed by atoms with Crippen LogP contribution in [0.1, 0.15) is 58.3 Å². The molecular weight excluding hydrogens is 282 g/mol. The zero-order chi connectivity index (χ0) is 13.3. The van der Waals surface area contributed by atoms with Crippen LogP contribution >= 0.6 is 34.8 Å². The van der Waals surface area contributed by atoms with Gasteiger partial charge in [0.2, 0.25) is 4.33 Å². The Morgan fingerprint density at radius 1 is 1.12 bits per heavy atom. The van der Waals surface area contributed by atoms with Gasteiger partial charge in [0.05, 0.1) is 5.38 Å². The van der Waals surface area contributed by atoms with Crippen molar-refractivity contribution in [2.45, 2.75) is 68.0 Å². The molecule has 5 heteroatoms. The lowest BCUT2D eigenvalue weighted by atomic mass is 10.1. The number of halogens is 3. The molecule has 0 amide bonds. The van der Waals surface area contributed by atoms with Crippen molar-refractivity contribution >= 4 is 40.8 Å². The normalized spacial score (nSPS) is 13.6. The van der Waals surface area contributed by atoms with E-state index in [1.165, 1.54) is 25.7 Å². The van der Waals surface area contributed by atoms with Gasteiger partial charge in [0.25, 0.3) is 0 Å². The van der Waals surface area contributed by atoms with Gasteiger partial charge in [0.1, 0.15) is 0 Å². The van der Waals surface area contributed by atoms with Crippen LogP contribution in [0.2, 0.25) is 0 Å². The van der Waals surface area contributed by atoms with E-state index in [4.69, 9.17) is 39.9 Å². The van der Waals surface area contributed by atoms with Crippen LogP contribution < -0.4 is 0 Å². The highest BCUT2D eigenvalue weighted by molar-refractivity contribution is 6.60. The van der Waals surface area contributed by atoms with Gasteiger partial charge in [0.15, 0.2) is 0 Å². The van der Waals surface area contributed by atoms with E-state index in [0.717, 1.165) is 19.3 Å². The Kier molecular flexibility index (Phi) is 9.48. The predicted octanol–water partition coefficient (Wildman–Crippen LogP) is 4.99. The fraction of sp³-hybridized carbons (Fsp3) is 0.917. The number of hydrogen-bond acceptors (Lipinski definition) is 1. The highest BCUT2D eigenvalue weighted by atomic mass is 35.5. The summed E-state index contributed by atoms with van der Waals surface area (Å²) in [6, 6.07) is 0. The lowest BCUT2D eigenvalue weighted by Gasteiger charge is -2.20. The third-order valence-electron chi connectivity index (χ3n) is 2.74. The van der Waals surface area contributed by atoms with Crippen LogP contribution in [-0.2, 0) is 4.79 Å². The molecule has 0 saturated carbocycles. The van der Waals surface area contributed by atoms with Crippen LogP contribution in [0.15, 0.2) is 0 Å². The van der Waals surface area contributed by atoms with Crippen molar-refractivity contribution in [3.63, 3.8) is 0 Å². The molecule has 0 aliphatic carbocycles. The minimum absolute atomic E-state index is 0.536. The van der Waals surface area contributed by atoms with E-state index in [2.05, 4.69) is 6.92 Å². The second kappa shape index (κ2) is 9.29. The van der Waals surface area contributed by atoms with Crippen LogP contribution in [0.3, 0.4) is 0 Å². The largest absolute Gasteiger partial charge is 0.479 e. The number of carboxylic acid groups (broad SMARTS) is 1. The summed E-state index contributed by atoms with van der Waals surface area (Å²) >= 11 is 17.2. The van der Waals surface area contributed by atoms with E-state index in [1.54, 1.807) is 0 Å². The van der Waals surface area contributed by atoms with Gasteiger partial charge < -0.3 is 5.11 Å². The van der Waals surface area contributed by atoms with E-state index < -0.39 is 15.7 Å². The molecule has 1 N–H and O–H groups in total. The number of aliphatic carboxylic acids is 1. The quantitative estimate of drug-likeness (QED) is 0.456. The van der Waals surface area contributed by atoms with Crippen molar-refractivity contribution in [3.8, 4) is 0 Å². The molecule has 102 valence electrons. The molecule has 0 fully saturated rings. The summed E-state index contributed by atoms with van der Waals surface area (Å²) in [5.74, 6) is -1.27. The van der Waals surface area contributed by atoms with Gasteiger partial charge in [-0.05, 0) is 6.42 Å². The fourth-order valence-electron chi connectivity index (χ4n) is 1.60. The molecule has 1 atom stereocenters. The highest BCUT2D eigenvalue weighted by Crippen LogP contribution is 2.33. The zero-order valence-electron chi connectivity index (χ0n) is 10.2. The van der Waals surface area contributed by atoms with Gasteiger partial charge in [-0.15, -0.1) is 11.6 Å². The number of carbonyl (C=O) groups is 1. The summed E-state index contributed by atoms with van der Waals surface area (Å²) < 4.78 is -1.87. The lowest BCUT2D eigenvalue weighted by molar-refractivity contribution is -0.137. The van der Waals surface area contributed by atoms with Gasteiger partial charge in [0, 0.05) is 0 Å². The van der Waals surface area contributed by atoms with Gasteiger partial charge in [-0.3, -0.25) is 0 Å². The Morgan fingerprint density at radius 2 is 1.59 bits per heavy atom. The minimum atomic E-state index is -1.87. The number of rotatable bonds is 10. The first-order valence-corrected chi connectivity index (χ1v) is 7.37. The summed E-state index contributed by atoms with van der Waals surface area (Å²) in [5, 5.41) is 8.03. The second-order valence-electron chi connectivity index (χ2n) is 4.31. The molecule has 0 aliphatic rings. The van der Waals surface area contributed by atoms with Crippen molar-refractivity contribution < 1.29 is 9.90 Å². The molecule has 0 spiro atoms. The standard InChI is InChI=1S/C12H21Cl3O2/c1-2-3-4-5-6-7-8-9-10(13)12(14,15)11(16)17/h10H,2-9H2,1H3,(H,16,17). The van der Waals surface area contributed by atoms with Crippen LogP contribution in [0.4, 0.5) is 0 Å². The van der Waals surface area contributed by atoms with Crippen molar-refractivity contribution in [3.05, 3.63) is 0 Å². The topological polar surface area (TPSA) is 37.3 Å². The van der Waals surface area contributed by atoms with Crippen LogP contribution in [0, 0.1) is 0 Å². The van der Waals surface area contributed by atoms with Gasteiger partial charge >= 0.3 is 5.97 Å². The van der Waals surface area contributed by atoms with Crippen LogP contribution in [0.25, 0.3) is 0 Å². The van der Waals surface area contributed by atoms with E-state index in [0.29, 0.717) is 6.42 Å². The third-order valence-corrected chi connectivity index (χ3v) is 4.36. The Balaban J connectivity index is 3.58. The molecule has 1 unspecified atom stereocenters. The molecule has 0 aliphatic heterocycles. The maximum atomic E-state index is 10.7. The number of hydrogen-bond donors (Lipinski definition) is 1. The van der Waals surface area contributed by atoms with Crippen molar-refractivity contribution in [2.75, 3.05) is 0 Å². The van der Waals surface area contributed by atoms with E-state index >= 15 is 0 Å². The second-order valence-corrected chi connectivity index (χ2v) is 6.22. The molecule has 0 aromatic rings. The summed E-state index contributed by atoms with van der Waals surface area (Å²) in [4.78, 5) is 10.7. The highest BCUT2D eigenvalue weighted by Gasteiger charge is 2.41. The van der Waals surface area contributed by atoms with Crippen LogP contribution in [0.5, 0.6) is 0 Å². The molecular formula is C12H21Cl3O2. The SMILES string of the molecule is CCCCCCCCCC(Cl)C(Cl)(Cl)C(=O)O. The summed E-state index contributed by atoms with van der Waals surface area (Å²) in [7, 11) is 0. The first-order chi connectivity index (χ1) is 7.92. The molecule has 2 nitrogen and oxygen atoms in total. The van der Waals surface area contributed by atoms with Crippen molar-refractivity contribution in [1.29, 1.82) is 0 Å². The Morgan fingerprint density at radius 3 is 2.06 bits per heavy atom. The Bertz CT molecular complexity index is 220. The third kappa shape index (κ3) is 7.38. The maximum Gasteiger partial charge on any atom is 0.341 e. The summed E-state index contributed by atoms with van der Waals surface area (Å²) in [6.07, 6.45) is 8.64. The Hall–Kier alpha value is 0.340. The predicted molar refractivity (Wildman–Crippen MR) is 74.3 cm³/mol. The molecule has 0 aromatic carbocycles. The zero-order valence-corrected chi connectivity index (χ0v) is 12.5. The molecule has 0 bridgehead atoms.